The van der Waals surface area contributed by atoms with Crippen LogP contribution in [0.25, 0.3) is 27.9 Å². The van der Waals surface area contributed by atoms with Gasteiger partial charge in [-0.15, -0.1) is 0 Å². The molecular formula is C20H16F2N4O2. The number of nitrogens with one attached hydrogen (secondary N) is 1. The van der Waals surface area contributed by atoms with Gasteiger partial charge in [0.2, 0.25) is 0 Å². The zero-order chi connectivity index (χ0) is 19.3. The van der Waals surface area contributed by atoms with Crippen LogP contribution in [0.5, 0.6) is 0 Å². The average molecular weight is 382 g/mol. The Balaban J connectivity index is 1.60. The molecule has 0 aliphatic carbocycles. The predicted octanol–water partition coefficient (Wildman–Crippen LogP) is 2.80. The molecule has 1 aromatic carbocycles. The normalized spacial score (nSPS) is 14.9. The topological polar surface area (TPSA) is 62.8 Å². The van der Waals surface area contributed by atoms with Crippen LogP contribution in [0.1, 0.15) is 0 Å². The van der Waals surface area contributed by atoms with Gasteiger partial charge in [0, 0.05) is 61.8 Å². The number of piperazine rings is 1. The lowest BCUT2D eigenvalue weighted by Gasteiger charge is -2.29. The maximum absolute atomic E-state index is 13.9. The molecule has 3 aromatic heterocycles. The summed E-state index contributed by atoms with van der Waals surface area (Å²) in [5, 5.41) is 4.03. The first-order valence-electron chi connectivity index (χ1n) is 8.96. The molecule has 4 heterocycles. The number of rotatable bonds is 2. The van der Waals surface area contributed by atoms with E-state index in [2.05, 4.69) is 15.2 Å². The molecule has 28 heavy (non-hydrogen) atoms. The molecule has 0 atom stereocenters. The van der Waals surface area contributed by atoms with Gasteiger partial charge in [0.25, 0.3) is 0 Å². The van der Waals surface area contributed by atoms with E-state index in [1.807, 2.05) is 18.2 Å². The van der Waals surface area contributed by atoms with E-state index < -0.39 is 17.3 Å². The Bertz CT molecular complexity index is 1260. The number of fused-ring (bicyclic) bond motifs is 2. The summed E-state index contributed by atoms with van der Waals surface area (Å²) >= 11 is 0. The molecule has 8 heteroatoms. The molecule has 0 radical (unpaired) electrons. The lowest BCUT2D eigenvalue weighted by Crippen LogP contribution is -2.43. The second-order valence-corrected chi connectivity index (χ2v) is 6.77. The van der Waals surface area contributed by atoms with Gasteiger partial charge in [-0.2, -0.15) is 0 Å². The summed E-state index contributed by atoms with van der Waals surface area (Å²) in [6.07, 6.45) is 2.52. The van der Waals surface area contributed by atoms with Crippen LogP contribution in [-0.4, -0.2) is 35.6 Å². The second kappa shape index (κ2) is 6.42. The zero-order valence-electron chi connectivity index (χ0n) is 14.8. The maximum atomic E-state index is 13.9. The fourth-order valence-electron chi connectivity index (χ4n) is 3.55. The minimum absolute atomic E-state index is 0.0510. The molecule has 0 saturated carbocycles. The number of hydrogen-bond donors (Lipinski definition) is 1. The van der Waals surface area contributed by atoms with Crippen molar-refractivity contribution in [2.75, 3.05) is 31.1 Å². The summed E-state index contributed by atoms with van der Waals surface area (Å²) in [6.45, 7) is 3.59. The lowest BCUT2D eigenvalue weighted by atomic mass is 10.1. The van der Waals surface area contributed by atoms with Gasteiger partial charge in [-0.1, -0.05) is 0 Å². The van der Waals surface area contributed by atoms with E-state index in [9.17, 15) is 13.6 Å². The number of hydrogen-bond acceptors (Lipinski definition) is 5. The summed E-state index contributed by atoms with van der Waals surface area (Å²) in [5.74, 6) is -1.52. The standard InChI is InChI=1S/C20H16F2N4O2/c21-13-8-16(22)19-24-17(11-26(19)10-13)15-7-12-1-2-14(9-18(12)28-20(15)27)25-5-3-23-4-6-25/h1-2,7-11,23H,3-6H2. The first-order valence-corrected chi connectivity index (χ1v) is 8.96. The predicted molar refractivity (Wildman–Crippen MR) is 102 cm³/mol. The highest BCUT2D eigenvalue weighted by Crippen LogP contribution is 2.26. The average Bonchev–Trinajstić information content (AvgIpc) is 3.12. The largest absolute Gasteiger partial charge is 0.422 e. The van der Waals surface area contributed by atoms with Crippen LogP contribution >= 0.6 is 0 Å². The van der Waals surface area contributed by atoms with Crippen molar-refractivity contribution < 1.29 is 13.2 Å². The number of imidazole rings is 1. The summed E-state index contributed by atoms with van der Waals surface area (Å²) < 4.78 is 34.1. The van der Waals surface area contributed by atoms with Gasteiger partial charge in [0.05, 0.1) is 11.3 Å². The molecule has 0 unspecified atom stereocenters. The molecule has 1 aliphatic rings. The third-order valence-corrected chi connectivity index (χ3v) is 4.95. The van der Waals surface area contributed by atoms with Gasteiger partial charge < -0.3 is 19.0 Å². The molecule has 0 spiro atoms. The number of halogens is 2. The number of anilines is 1. The van der Waals surface area contributed by atoms with Crippen molar-refractivity contribution in [1.82, 2.24) is 14.7 Å². The van der Waals surface area contributed by atoms with Gasteiger partial charge in [-0.3, -0.25) is 0 Å². The molecule has 1 N–H and O–H groups in total. The molecule has 5 rings (SSSR count). The van der Waals surface area contributed by atoms with Crippen molar-refractivity contribution in [1.29, 1.82) is 0 Å². The van der Waals surface area contributed by atoms with Crippen LogP contribution < -0.4 is 15.8 Å². The molecule has 6 nitrogen and oxygen atoms in total. The van der Waals surface area contributed by atoms with Gasteiger partial charge >= 0.3 is 5.63 Å². The Kier molecular flexibility index (Phi) is 3.87. The second-order valence-electron chi connectivity index (χ2n) is 6.77. The quantitative estimate of drug-likeness (QED) is 0.540. The van der Waals surface area contributed by atoms with E-state index in [1.165, 1.54) is 10.6 Å². The Labute approximate surface area is 158 Å². The van der Waals surface area contributed by atoms with Crippen molar-refractivity contribution >= 4 is 22.3 Å². The highest BCUT2D eigenvalue weighted by molar-refractivity contribution is 5.84. The number of nitrogens with zero attached hydrogens (tertiary/aromatic N) is 3. The first kappa shape index (κ1) is 16.9. The fourth-order valence-corrected chi connectivity index (χ4v) is 3.55. The molecule has 1 aliphatic heterocycles. The summed E-state index contributed by atoms with van der Waals surface area (Å²) in [7, 11) is 0. The van der Waals surface area contributed by atoms with Crippen LogP contribution in [0.15, 0.2) is 51.9 Å². The Morgan fingerprint density at radius 3 is 2.71 bits per heavy atom. The van der Waals surface area contributed by atoms with Crippen molar-refractivity contribution in [2.45, 2.75) is 0 Å². The van der Waals surface area contributed by atoms with Crippen molar-refractivity contribution in [3.8, 4) is 11.3 Å². The van der Waals surface area contributed by atoms with Crippen LogP contribution in [0.4, 0.5) is 14.5 Å². The molecule has 0 bridgehead atoms. The van der Waals surface area contributed by atoms with Gasteiger partial charge in [-0.05, 0) is 18.2 Å². The van der Waals surface area contributed by atoms with Gasteiger partial charge in [0.15, 0.2) is 11.5 Å². The maximum Gasteiger partial charge on any atom is 0.345 e. The number of pyridine rings is 1. The molecule has 1 saturated heterocycles. The minimum atomic E-state index is -0.794. The van der Waals surface area contributed by atoms with E-state index in [1.54, 1.807) is 6.07 Å². The Morgan fingerprint density at radius 1 is 1.07 bits per heavy atom. The first-order chi connectivity index (χ1) is 13.6. The van der Waals surface area contributed by atoms with Crippen molar-refractivity contribution in [2.24, 2.45) is 0 Å². The van der Waals surface area contributed by atoms with Gasteiger partial charge in [-0.25, -0.2) is 18.6 Å². The van der Waals surface area contributed by atoms with Crippen molar-refractivity contribution in [3.05, 3.63) is 64.8 Å². The number of aromatic nitrogens is 2. The van der Waals surface area contributed by atoms with Crippen LogP contribution in [0, 0.1) is 11.6 Å². The Morgan fingerprint density at radius 2 is 1.89 bits per heavy atom. The van der Waals surface area contributed by atoms with Crippen LogP contribution in [0.2, 0.25) is 0 Å². The van der Waals surface area contributed by atoms with Crippen molar-refractivity contribution in [3.63, 3.8) is 0 Å². The third kappa shape index (κ3) is 2.82. The van der Waals surface area contributed by atoms with E-state index >= 15 is 0 Å². The molecule has 0 amide bonds. The Hall–Kier alpha value is -3.26. The zero-order valence-corrected chi connectivity index (χ0v) is 14.8. The van der Waals surface area contributed by atoms with E-state index in [4.69, 9.17) is 4.42 Å². The van der Waals surface area contributed by atoms with E-state index in [0.717, 1.165) is 49.5 Å². The summed E-state index contributed by atoms with van der Waals surface area (Å²) in [6, 6.07) is 8.14. The summed E-state index contributed by atoms with van der Waals surface area (Å²) in [4.78, 5) is 18.9. The molecule has 1 fully saturated rings. The molecular weight excluding hydrogens is 366 g/mol. The smallest absolute Gasteiger partial charge is 0.345 e. The summed E-state index contributed by atoms with van der Waals surface area (Å²) in [5.41, 5.74) is 1.28. The van der Waals surface area contributed by atoms with E-state index in [-0.39, 0.29) is 16.9 Å². The minimum Gasteiger partial charge on any atom is -0.422 e. The highest BCUT2D eigenvalue weighted by Gasteiger charge is 2.16. The molecule has 4 aromatic rings. The van der Waals surface area contributed by atoms with Crippen LogP contribution in [0.3, 0.4) is 0 Å². The highest BCUT2D eigenvalue weighted by atomic mass is 19.1. The third-order valence-electron chi connectivity index (χ3n) is 4.95. The van der Waals surface area contributed by atoms with Gasteiger partial charge in [0.1, 0.15) is 11.4 Å². The number of benzene rings is 1. The molecule has 142 valence electrons. The fraction of sp³-hybridized carbons (Fsp3) is 0.200. The monoisotopic (exact) mass is 382 g/mol. The van der Waals surface area contributed by atoms with E-state index in [0.29, 0.717) is 5.58 Å². The SMILES string of the molecule is O=c1oc2cc(N3CCNCC3)ccc2cc1-c1cn2cc(F)cc(F)c2n1. The van der Waals surface area contributed by atoms with Crippen LogP contribution in [-0.2, 0) is 0 Å². The lowest BCUT2D eigenvalue weighted by molar-refractivity contribution is 0.561.